The molecule has 3 heterocycles. The minimum atomic E-state index is -0.0529. The molecular weight excluding hydrogens is 308 g/mol. The van der Waals surface area contributed by atoms with Gasteiger partial charge < -0.3 is 9.64 Å². The van der Waals surface area contributed by atoms with Gasteiger partial charge in [0.05, 0.1) is 18.7 Å². The minimum Gasteiger partial charge on any atom is -0.381 e. The van der Waals surface area contributed by atoms with Crippen LogP contribution in [0.25, 0.3) is 0 Å². The summed E-state index contributed by atoms with van der Waals surface area (Å²) in [5, 5.41) is 0. The molecule has 0 amide bonds. The Balaban J connectivity index is 1.84. The molecule has 23 heavy (non-hydrogen) atoms. The first kappa shape index (κ1) is 16.3. The Morgan fingerprint density at radius 3 is 2.91 bits per heavy atom. The summed E-state index contributed by atoms with van der Waals surface area (Å²) >= 11 is 1.69. The molecule has 1 unspecified atom stereocenters. The van der Waals surface area contributed by atoms with E-state index >= 15 is 0 Å². The van der Waals surface area contributed by atoms with Crippen molar-refractivity contribution in [2.24, 2.45) is 5.92 Å². The number of ether oxygens (including phenoxy) is 1. The summed E-state index contributed by atoms with van der Waals surface area (Å²) < 4.78 is 5.54. The molecule has 6 heteroatoms. The molecule has 1 fully saturated rings. The second-order valence-corrected chi connectivity index (χ2v) is 8.04. The van der Waals surface area contributed by atoms with E-state index in [4.69, 9.17) is 9.72 Å². The Bertz CT molecular complexity index is 618. The molecule has 0 saturated carbocycles. The zero-order chi connectivity index (χ0) is 16.3. The molecule has 0 spiro atoms. The molecule has 1 saturated heterocycles. The van der Waals surface area contributed by atoms with Gasteiger partial charge in [-0.3, -0.25) is 4.98 Å². The highest BCUT2D eigenvalue weighted by Crippen LogP contribution is 2.24. The van der Waals surface area contributed by atoms with Gasteiger partial charge in [0.1, 0.15) is 11.6 Å². The van der Waals surface area contributed by atoms with Gasteiger partial charge in [-0.05, 0) is 12.5 Å². The Morgan fingerprint density at radius 1 is 1.39 bits per heavy atom. The SMILES string of the molecule is CC(C)(C)c1nccc(N(Cc2cncs2)CC2CCOC2)n1. The van der Waals surface area contributed by atoms with Crippen LogP contribution in [0.15, 0.2) is 24.0 Å². The van der Waals surface area contributed by atoms with Crippen molar-refractivity contribution in [2.45, 2.75) is 39.2 Å². The Morgan fingerprint density at radius 2 is 2.26 bits per heavy atom. The maximum Gasteiger partial charge on any atom is 0.135 e. The molecule has 0 N–H and O–H groups in total. The van der Waals surface area contributed by atoms with Gasteiger partial charge in [-0.1, -0.05) is 20.8 Å². The molecule has 5 nitrogen and oxygen atoms in total. The molecule has 1 atom stereocenters. The van der Waals surface area contributed by atoms with Crippen LogP contribution in [0.3, 0.4) is 0 Å². The fraction of sp³-hybridized carbons (Fsp3) is 0.588. The quantitative estimate of drug-likeness (QED) is 0.841. The molecule has 0 radical (unpaired) electrons. The van der Waals surface area contributed by atoms with Crippen LogP contribution >= 0.6 is 11.3 Å². The van der Waals surface area contributed by atoms with Gasteiger partial charge in [0.25, 0.3) is 0 Å². The molecule has 1 aliphatic rings. The lowest BCUT2D eigenvalue weighted by Gasteiger charge is -2.27. The van der Waals surface area contributed by atoms with Crippen LogP contribution in [-0.4, -0.2) is 34.7 Å². The lowest BCUT2D eigenvalue weighted by Crippen LogP contribution is -2.31. The van der Waals surface area contributed by atoms with Crippen molar-refractivity contribution >= 4 is 17.2 Å². The van der Waals surface area contributed by atoms with Gasteiger partial charge in [-0.25, -0.2) is 9.97 Å². The number of hydrogen-bond acceptors (Lipinski definition) is 6. The second-order valence-electron chi connectivity index (χ2n) is 7.07. The first-order valence-corrected chi connectivity index (χ1v) is 8.94. The van der Waals surface area contributed by atoms with Crippen LogP contribution in [-0.2, 0) is 16.7 Å². The van der Waals surface area contributed by atoms with Gasteiger partial charge in [0.2, 0.25) is 0 Å². The van der Waals surface area contributed by atoms with Crippen LogP contribution in [0.2, 0.25) is 0 Å². The monoisotopic (exact) mass is 332 g/mol. The zero-order valence-electron chi connectivity index (χ0n) is 14.0. The van der Waals surface area contributed by atoms with E-state index in [0.717, 1.165) is 44.4 Å². The van der Waals surface area contributed by atoms with Gasteiger partial charge in [0.15, 0.2) is 0 Å². The van der Waals surface area contributed by atoms with Crippen LogP contribution in [0.4, 0.5) is 5.82 Å². The van der Waals surface area contributed by atoms with Crippen molar-refractivity contribution in [2.75, 3.05) is 24.7 Å². The van der Waals surface area contributed by atoms with Gasteiger partial charge in [0, 0.05) is 41.8 Å². The van der Waals surface area contributed by atoms with Gasteiger partial charge in [-0.15, -0.1) is 11.3 Å². The molecule has 2 aromatic rings. The maximum absolute atomic E-state index is 5.54. The average Bonchev–Trinajstić information content (AvgIpc) is 3.19. The highest BCUT2D eigenvalue weighted by Gasteiger charge is 2.23. The van der Waals surface area contributed by atoms with E-state index in [1.807, 2.05) is 24.0 Å². The topological polar surface area (TPSA) is 51.1 Å². The van der Waals surface area contributed by atoms with E-state index < -0.39 is 0 Å². The van der Waals surface area contributed by atoms with Crippen molar-refractivity contribution in [3.8, 4) is 0 Å². The van der Waals surface area contributed by atoms with E-state index in [0.29, 0.717) is 5.92 Å². The van der Waals surface area contributed by atoms with Crippen molar-refractivity contribution in [1.29, 1.82) is 0 Å². The molecule has 0 aromatic carbocycles. The standard InChI is InChI=1S/C17H24N4OS/c1-17(2,3)16-19-6-4-15(20-16)21(9-13-5-7-22-11-13)10-14-8-18-12-23-14/h4,6,8,12-13H,5,7,9-11H2,1-3H3. The summed E-state index contributed by atoms with van der Waals surface area (Å²) in [7, 11) is 0. The van der Waals surface area contributed by atoms with E-state index in [2.05, 4.69) is 35.6 Å². The maximum atomic E-state index is 5.54. The molecule has 1 aliphatic heterocycles. The van der Waals surface area contributed by atoms with Crippen molar-refractivity contribution in [1.82, 2.24) is 15.0 Å². The summed E-state index contributed by atoms with van der Waals surface area (Å²) in [6.07, 6.45) is 4.93. The smallest absolute Gasteiger partial charge is 0.135 e. The number of nitrogens with zero attached hydrogens (tertiary/aromatic N) is 4. The summed E-state index contributed by atoms with van der Waals surface area (Å²) in [4.78, 5) is 17.1. The van der Waals surface area contributed by atoms with Crippen molar-refractivity contribution < 1.29 is 4.74 Å². The van der Waals surface area contributed by atoms with Crippen LogP contribution in [0.1, 0.15) is 37.9 Å². The van der Waals surface area contributed by atoms with E-state index in [1.165, 1.54) is 4.88 Å². The predicted molar refractivity (Wildman–Crippen MR) is 92.8 cm³/mol. The highest BCUT2D eigenvalue weighted by molar-refractivity contribution is 7.09. The Kier molecular flexibility index (Phi) is 4.92. The minimum absolute atomic E-state index is 0.0529. The number of thiazole rings is 1. The third-order valence-corrected chi connectivity index (χ3v) is 4.73. The number of hydrogen-bond donors (Lipinski definition) is 0. The fourth-order valence-electron chi connectivity index (χ4n) is 2.67. The van der Waals surface area contributed by atoms with Crippen molar-refractivity contribution in [3.63, 3.8) is 0 Å². The fourth-order valence-corrected chi connectivity index (χ4v) is 3.28. The lowest BCUT2D eigenvalue weighted by atomic mass is 9.96. The average molecular weight is 332 g/mol. The molecule has 2 aromatic heterocycles. The van der Waals surface area contributed by atoms with E-state index in [9.17, 15) is 0 Å². The largest absolute Gasteiger partial charge is 0.381 e. The normalized spacial score (nSPS) is 18.3. The van der Waals surface area contributed by atoms with Gasteiger partial charge in [-0.2, -0.15) is 0 Å². The van der Waals surface area contributed by atoms with Crippen molar-refractivity contribution in [3.05, 3.63) is 34.7 Å². The summed E-state index contributed by atoms with van der Waals surface area (Å²) in [5.41, 5.74) is 1.83. The van der Waals surface area contributed by atoms with E-state index in [1.54, 1.807) is 11.3 Å². The summed E-state index contributed by atoms with van der Waals surface area (Å²) in [6, 6.07) is 2.01. The number of rotatable bonds is 5. The zero-order valence-corrected chi connectivity index (χ0v) is 14.8. The lowest BCUT2D eigenvalue weighted by molar-refractivity contribution is 0.186. The predicted octanol–water partition coefficient (Wildman–Crippen LogP) is 3.27. The van der Waals surface area contributed by atoms with Gasteiger partial charge >= 0.3 is 0 Å². The van der Waals surface area contributed by atoms with Crippen LogP contribution in [0, 0.1) is 5.92 Å². The Labute approximate surface area is 141 Å². The molecule has 0 aliphatic carbocycles. The highest BCUT2D eigenvalue weighted by atomic mass is 32.1. The first-order chi connectivity index (χ1) is 11.0. The molecular formula is C17H24N4OS. The molecule has 124 valence electrons. The molecule has 0 bridgehead atoms. The third kappa shape index (κ3) is 4.26. The van der Waals surface area contributed by atoms with Crippen LogP contribution < -0.4 is 4.90 Å². The Hall–Kier alpha value is -1.53. The summed E-state index contributed by atoms with van der Waals surface area (Å²) in [6.45, 7) is 9.94. The second kappa shape index (κ2) is 6.93. The van der Waals surface area contributed by atoms with Crippen LogP contribution in [0.5, 0.6) is 0 Å². The molecule has 3 rings (SSSR count). The van der Waals surface area contributed by atoms with E-state index in [-0.39, 0.29) is 5.41 Å². The third-order valence-electron chi connectivity index (χ3n) is 3.97. The number of aromatic nitrogens is 3. The summed E-state index contributed by atoms with van der Waals surface area (Å²) in [5.74, 6) is 2.44. The first-order valence-electron chi connectivity index (χ1n) is 8.06. The number of anilines is 1.